The van der Waals surface area contributed by atoms with E-state index < -0.39 is 5.97 Å². The Morgan fingerprint density at radius 1 is 1.33 bits per heavy atom. The van der Waals surface area contributed by atoms with Crippen LogP contribution in [0, 0.1) is 11.7 Å². The van der Waals surface area contributed by atoms with Gasteiger partial charge in [0.1, 0.15) is 5.82 Å². The number of carbonyl (C=O) groups is 1. The quantitative estimate of drug-likeness (QED) is 0.818. The monoisotopic (exact) mass is 291 g/mol. The molecule has 0 amide bonds. The summed E-state index contributed by atoms with van der Waals surface area (Å²) in [5, 5.41) is 8.60. The van der Waals surface area contributed by atoms with Crippen LogP contribution in [0.25, 0.3) is 0 Å². The summed E-state index contributed by atoms with van der Waals surface area (Å²) in [6.45, 7) is 2.00. The summed E-state index contributed by atoms with van der Waals surface area (Å²) in [5.41, 5.74) is 1.18. The van der Waals surface area contributed by atoms with Gasteiger partial charge in [-0.1, -0.05) is 24.3 Å². The first-order valence-electron chi connectivity index (χ1n) is 7.37. The second-order valence-corrected chi connectivity index (χ2v) is 5.78. The summed E-state index contributed by atoms with van der Waals surface area (Å²) in [6.07, 6.45) is 5.74. The highest BCUT2D eigenvalue weighted by molar-refractivity contribution is 5.66. The smallest absolute Gasteiger partial charge is 0.303 e. The number of halogens is 1. The summed E-state index contributed by atoms with van der Waals surface area (Å²) in [4.78, 5) is 12.8. The van der Waals surface area contributed by atoms with E-state index in [1.165, 1.54) is 17.7 Å². The van der Waals surface area contributed by atoms with Crippen molar-refractivity contribution in [2.45, 2.75) is 25.2 Å². The molecule has 2 rings (SSSR count). The molecule has 0 saturated carbocycles. The summed E-state index contributed by atoms with van der Waals surface area (Å²) < 4.78 is 13.0. The fourth-order valence-electron chi connectivity index (χ4n) is 3.01. The number of likely N-dealkylation sites (N-methyl/N-ethyl adjacent to an activating group) is 1. The molecule has 1 fully saturated rings. The van der Waals surface area contributed by atoms with Gasteiger partial charge in [-0.05, 0) is 43.5 Å². The van der Waals surface area contributed by atoms with Crippen LogP contribution in [-0.4, -0.2) is 36.1 Å². The number of aliphatic carboxylic acids is 1. The molecule has 1 N–H and O–H groups in total. The number of carboxylic acid groups (broad SMARTS) is 1. The fourth-order valence-corrected chi connectivity index (χ4v) is 3.01. The highest BCUT2D eigenvalue weighted by Gasteiger charge is 2.30. The lowest BCUT2D eigenvalue weighted by molar-refractivity contribution is -0.136. The minimum Gasteiger partial charge on any atom is -0.481 e. The number of hydrogen-bond donors (Lipinski definition) is 1. The van der Waals surface area contributed by atoms with E-state index in [4.69, 9.17) is 5.11 Å². The van der Waals surface area contributed by atoms with Crippen LogP contribution < -0.4 is 0 Å². The highest BCUT2D eigenvalue weighted by atomic mass is 19.1. The fraction of sp³-hybridized carbons (Fsp3) is 0.471. The second kappa shape index (κ2) is 7.36. The van der Waals surface area contributed by atoms with Crippen LogP contribution in [0.3, 0.4) is 0 Å². The van der Waals surface area contributed by atoms with Crippen LogP contribution in [0.1, 0.15) is 30.7 Å². The molecule has 114 valence electrons. The zero-order valence-electron chi connectivity index (χ0n) is 12.3. The lowest BCUT2D eigenvalue weighted by atomic mass is 9.86. The van der Waals surface area contributed by atoms with Gasteiger partial charge in [-0.3, -0.25) is 4.79 Å². The third-order valence-corrected chi connectivity index (χ3v) is 4.05. The molecule has 3 nitrogen and oxygen atoms in total. The zero-order chi connectivity index (χ0) is 15.2. The molecule has 0 unspecified atom stereocenters. The average Bonchev–Trinajstić information content (AvgIpc) is 2.80. The van der Waals surface area contributed by atoms with Gasteiger partial charge in [0.15, 0.2) is 0 Å². The number of likely N-dealkylation sites (tertiary alicyclic amines) is 1. The minimum atomic E-state index is -0.760. The molecule has 2 atom stereocenters. The molecule has 0 aliphatic carbocycles. The summed E-state index contributed by atoms with van der Waals surface area (Å²) in [5.74, 6) is -0.0408. The third-order valence-electron chi connectivity index (χ3n) is 4.05. The highest BCUT2D eigenvalue weighted by Crippen LogP contribution is 2.34. The van der Waals surface area contributed by atoms with Crippen molar-refractivity contribution in [3.8, 4) is 0 Å². The number of benzene rings is 1. The predicted molar refractivity (Wildman–Crippen MR) is 80.8 cm³/mol. The average molecular weight is 291 g/mol. The first kappa shape index (κ1) is 15.7. The van der Waals surface area contributed by atoms with E-state index in [0.29, 0.717) is 18.3 Å². The maximum Gasteiger partial charge on any atom is 0.303 e. The molecule has 1 aromatic rings. The number of hydrogen-bond acceptors (Lipinski definition) is 2. The van der Waals surface area contributed by atoms with Crippen molar-refractivity contribution in [1.29, 1.82) is 0 Å². The number of carboxylic acids is 1. The Labute approximate surface area is 125 Å². The molecular weight excluding hydrogens is 269 g/mol. The Balaban J connectivity index is 1.93. The van der Waals surface area contributed by atoms with E-state index in [0.717, 1.165) is 19.5 Å². The number of rotatable bonds is 6. The van der Waals surface area contributed by atoms with E-state index in [1.807, 2.05) is 18.2 Å². The van der Waals surface area contributed by atoms with Crippen LogP contribution in [0.2, 0.25) is 0 Å². The van der Waals surface area contributed by atoms with Crippen molar-refractivity contribution >= 4 is 5.97 Å². The summed E-state index contributed by atoms with van der Waals surface area (Å²) >= 11 is 0. The topological polar surface area (TPSA) is 40.5 Å². The molecule has 1 aliphatic heterocycles. The molecule has 0 bridgehead atoms. The van der Waals surface area contributed by atoms with Crippen molar-refractivity contribution in [3.63, 3.8) is 0 Å². The largest absolute Gasteiger partial charge is 0.481 e. The Morgan fingerprint density at radius 3 is 2.71 bits per heavy atom. The van der Waals surface area contributed by atoms with E-state index in [-0.39, 0.29) is 12.2 Å². The number of allylic oxidation sites excluding steroid dienone is 2. The first-order chi connectivity index (χ1) is 10.1. The molecule has 1 aliphatic rings. The van der Waals surface area contributed by atoms with Crippen LogP contribution in [-0.2, 0) is 4.79 Å². The van der Waals surface area contributed by atoms with Gasteiger partial charge in [0.25, 0.3) is 0 Å². The van der Waals surface area contributed by atoms with Gasteiger partial charge >= 0.3 is 5.97 Å². The van der Waals surface area contributed by atoms with E-state index in [1.54, 1.807) is 0 Å². The molecule has 1 aromatic carbocycles. The molecule has 0 radical (unpaired) electrons. The lowest BCUT2D eigenvalue weighted by Crippen LogP contribution is -2.13. The van der Waals surface area contributed by atoms with Crippen molar-refractivity contribution in [1.82, 2.24) is 4.90 Å². The van der Waals surface area contributed by atoms with E-state index in [9.17, 15) is 9.18 Å². The van der Waals surface area contributed by atoms with Crippen molar-refractivity contribution in [2.24, 2.45) is 5.92 Å². The second-order valence-electron chi connectivity index (χ2n) is 5.78. The lowest BCUT2D eigenvalue weighted by Gasteiger charge is -2.17. The van der Waals surface area contributed by atoms with Crippen LogP contribution in [0.15, 0.2) is 36.4 Å². The van der Waals surface area contributed by atoms with Crippen LogP contribution in [0.4, 0.5) is 4.39 Å². The Hall–Kier alpha value is -1.68. The van der Waals surface area contributed by atoms with Gasteiger partial charge in [0.05, 0.1) is 0 Å². The first-order valence-corrected chi connectivity index (χ1v) is 7.37. The van der Waals surface area contributed by atoms with Crippen molar-refractivity contribution in [3.05, 3.63) is 47.8 Å². The van der Waals surface area contributed by atoms with Gasteiger partial charge < -0.3 is 10.0 Å². The standard InChI is InChI=1S/C17H22FNO2/c1-19-11-14(5-3-2-4-6-17(20)21)16(12-19)13-7-9-15(18)10-8-13/h2-3,7-10,14,16H,4-6,11-12H2,1H3,(H,20,21)/b3-2-/t14-,16+/m0/s1. The Morgan fingerprint density at radius 2 is 2.05 bits per heavy atom. The van der Waals surface area contributed by atoms with Crippen molar-refractivity contribution in [2.75, 3.05) is 20.1 Å². The van der Waals surface area contributed by atoms with Gasteiger partial charge in [-0.2, -0.15) is 0 Å². The Kier molecular flexibility index (Phi) is 5.51. The summed E-state index contributed by atoms with van der Waals surface area (Å²) in [7, 11) is 2.10. The van der Waals surface area contributed by atoms with Crippen molar-refractivity contribution < 1.29 is 14.3 Å². The molecule has 4 heteroatoms. The van der Waals surface area contributed by atoms with E-state index >= 15 is 0 Å². The van der Waals surface area contributed by atoms with E-state index in [2.05, 4.69) is 18.0 Å². The summed E-state index contributed by atoms with van der Waals surface area (Å²) in [6, 6.07) is 6.79. The van der Waals surface area contributed by atoms with Crippen LogP contribution >= 0.6 is 0 Å². The molecule has 1 saturated heterocycles. The predicted octanol–water partition coefficient (Wildman–Crippen LogP) is 3.28. The normalized spacial score (nSPS) is 23.0. The molecule has 0 aromatic heterocycles. The van der Waals surface area contributed by atoms with Gasteiger partial charge in [0, 0.05) is 25.4 Å². The van der Waals surface area contributed by atoms with Gasteiger partial charge in [0.2, 0.25) is 0 Å². The zero-order valence-corrected chi connectivity index (χ0v) is 12.3. The molecule has 1 heterocycles. The maximum absolute atomic E-state index is 13.0. The van der Waals surface area contributed by atoms with Crippen LogP contribution in [0.5, 0.6) is 0 Å². The molecule has 21 heavy (non-hydrogen) atoms. The van der Waals surface area contributed by atoms with Gasteiger partial charge in [-0.15, -0.1) is 0 Å². The Bertz CT molecular complexity index is 498. The van der Waals surface area contributed by atoms with Gasteiger partial charge in [-0.25, -0.2) is 4.39 Å². The molecule has 0 spiro atoms. The third kappa shape index (κ3) is 4.67. The maximum atomic E-state index is 13.0. The minimum absolute atomic E-state index is 0.183. The number of nitrogens with zero attached hydrogens (tertiary/aromatic N) is 1. The molecular formula is C17H22FNO2. The SMILES string of the molecule is CN1C[C@H](C/C=C\CCC(=O)O)[C@@H](c2ccc(F)cc2)C1.